The molecule has 2 aromatic rings. The van der Waals surface area contributed by atoms with E-state index in [0.29, 0.717) is 12.2 Å². The third kappa shape index (κ3) is 4.50. The van der Waals surface area contributed by atoms with Gasteiger partial charge in [-0.1, -0.05) is 25.3 Å². The first-order valence-electron chi connectivity index (χ1n) is 10.2. The summed E-state index contributed by atoms with van der Waals surface area (Å²) in [5.74, 6) is -1.22. The van der Waals surface area contributed by atoms with Gasteiger partial charge in [-0.2, -0.15) is 0 Å². The van der Waals surface area contributed by atoms with Gasteiger partial charge in [0, 0.05) is 24.0 Å². The van der Waals surface area contributed by atoms with Crippen molar-refractivity contribution in [2.45, 2.75) is 51.0 Å². The van der Waals surface area contributed by atoms with Gasteiger partial charge in [-0.3, -0.25) is 14.4 Å². The Bertz CT molecular complexity index is 904. The van der Waals surface area contributed by atoms with E-state index < -0.39 is 11.8 Å². The lowest BCUT2D eigenvalue weighted by Gasteiger charge is -2.29. The lowest BCUT2D eigenvalue weighted by molar-refractivity contribution is -0.136. The van der Waals surface area contributed by atoms with E-state index in [1.807, 2.05) is 29.6 Å². The largest absolute Gasteiger partial charge is 0.345 e. The first kappa shape index (κ1) is 19.6. The van der Waals surface area contributed by atoms with Crippen molar-refractivity contribution in [2.24, 2.45) is 0 Å². The van der Waals surface area contributed by atoms with E-state index in [4.69, 9.17) is 0 Å². The number of benzene rings is 1. The van der Waals surface area contributed by atoms with Gasteiger partial charge in [-0.25, -0.2) is 0 Å². The zero-order valence-corrected chi connectivity index (χ0v) is 17.1. The van der Waals surface area contributed by atoms with Gasteiger partial charge in [0.15, 0.2) is 0 Å². The molecule has 2 aliphatic rings. The molecule has 7 heteroatoms. The Morgan fingerprint density at radius 2 is 1.83 bits per heavy atom. The van der Waals surface area contributed by atoms with E-state index in [2.05, 4.69) is 10.6 Å². The minimum absolute atomic E-state index is 0.00425. The van der Waals surface area contributed by atoms with Crippen LogP contribution in [0.1, 0.15) is 53.8 Å². The van der Waals surface area contributed by atoms with Crippen molar-refractivity contribution in [3.8, 4) is 0 Å². The number of aryl methyl sites for hydroxylation is 1. The van der Waals surface area contributed by atoms with Crippen LogP contribution in [0.2, 0.25) is 0 Å². The second-order valence-corrected chi connectivity index (χ2v) is 8.59. The number of hydrogen-bond donors (Lipinski definition) is 2. The molecule has 0 saturated heterocycles. The molecule has 29 heavy (non-hydrogen) atoms. The normalized spacial score (nSPS) is 16.8. The molecule has 6 nitrogen and oxygen atoms in total. The highest BCUT2D eigenvalue weighted by molar-refractivity contribution is 7.12. The van der Waals surface area contributed by atoms with E-state index >= 15 is 0 Å². The van der Waals surface area contributed by atoms with Crippen molar-refractivity contribution in [2.75, 3.05) is 16.8 Å². The summed E-state index contributed by atoms with van der Waals surface area (Å²) in [7, 11) is 0. The SMILES string of the molecule is O=C(Nc1ccc2c(c1)CCCN2C(=O)c1cccs1)C(=O)NC1CCCCC1. The maximum absolute atomic E-state index is 12.8. The Hall–Kier alpha value is -2.67. The molecule has 1 fully saturated rings. The molecule has 0 atom stereocenters. The van der Waals surface area contributed by atoms with E-state index in [0.717, 1.165) is 54.7 Å². The summed E-state index contributed by atoms with van der Waals surface area (Å²) in [5, 5.41) is 7.43. The summed E-state index contributed by atoms with van der Waals surface area (Å²) in [6.07, 6.45) is 6.96. The zero-order chi connectivity index (χ0) is 20.2. The second-order valence-electron chi connectivity index (χ2n) is 7.64. The molecule has 3 amide bonds. The average molecular weight is 412 g/mol. The average Bonchev–Trinajstić information content (AvgIpc) is 3.28. The number of amides is 3. The lowest BCUT2D eigenvalue weighted by Crippen LogP contribution is -2.42. The number of carbonyl (C=O) groups excluding carboxylic acids is 3. The standard InChI is InChI=1S/C22H25N3O3S/c26-20(23-16-7-2-1-3-8-16)21(27)24-17-10-11-18-15(14-17)6-4-12-25(18)22(28)19-9-5-13-29-19/h5,9-11,13-14,16H,1-4,6-8,12H2,(H,23,26)(H,24,27). The number of anilines is 2. The molecule has 1 aromatic carbocycles. The smallest absolute Gasteiger partial charge is 0.313 e. The van der Waals surface area contributed by atoms with Crippen LogP contribution in [0.25, 0.3) is 0 Å². The minimum Gasteiger partial charge on any atom is -0.345 e. The summed E-state index contributed by atoms with van der Waals surface area (Å²) in [6, 6.07) is 9.29. The van der Waals surface area contributed by atoms with Crippen LogP contribution in [0.5, 0.6) is 0 Å². The minimum atomic E-state index is -0.641. The quantitative estimate of drug-likeness (QED) is 0.756. The topological polar surface area (TPSA) is 78.5 Å². The monoisotopic (exact) mass is 411 g/mol. The van der Waals surface area contributed by atoms with Gasteiger partial charge in [-0.15, -0.1) is 11.3 Å². The maximum atomic E-state index is 12.8. The molecule has 2 heterocycles. The van der Waals surface area contributed by atoms with E-state index in [1.54, 1.807) is 11.0 Å². The lowest BCUT2D eigenvalue weighted by atomic mass is 9.95. The fourth-order valence-electron chi connectivity index (χ4n) is 4.10. The molecule has 4 rings (SSSR count). The van der Waals surface area contributed by atoms with Crippen molar-refractivity contribution >= 4 is 40.4 Å². The molecule has 1 aromatic heterocycles. The van der Waals surface area contributed by atoms with E-state index in [-0.39, 0.29) is 11.9 Å². The fraction of sp³-hybridized carbons (Fsp3) is 0.409. The number of fused-ring (bicyclic) bond motifs is 1. The second kappa shape index (κ2) is 8.78. The van der Waals surface area contributed by atoms with Crippen LogP contribution in [0.3, 0.4) is 0 Å². The highest BCUT2D eigenvalue weighted by atomic mass is 32.1. The van der Waals surface area contributed by atoms with Crippen molar-refractivity contribution in [3.63, 3.8) is 0 Å². The van der Waals surface area contributed by atoms with Crippen molar-refractivity contribution in [1.29, 1.82) is 0 Å². The van der Waals surface area contributed by atoms with Crippen LogP contribution in [0.15, 0.2) is 35.7 Å². The number of thiophene rings is 1. The highest BCUT2D eigenvalue weighted by Gasteiger charge is 2.25. The highest BCUT2D eigenvalue weighted by Crippen LogP contribution is 2.31. The Kier molecular flexibility index (Phi) is 5.94. The van der Waals surface area contributed by atoms with Crippen LogP contribution in [0.4, 0.5) is 11.4 Å². The van der Waals surface area contributed by atoms with Gasteiger partial charge in [0.1, 0.15) is 0 Å². The van der Waals surface area contributed by atoms with Crippen LogP contribution < -0.4 is 15.5 Å². The van der Waals surface area contributed by atoms with Crippen LogP contribution in [-0.4, -0.2) is 30.3 Å². The molecule has 0 spiro atoms. The maximum Gasteiger partial charge on any atom is 0.313 e. The summed E-state index contributed by atoms with van der Waals surface area (Å²) in [6.45, 7) is 0.680. The van der Waals surface area contributed by atoms with Gasteiger partial charge in [0.25, 0.3) is 5.91 Å². The number of nitrogens with zero attached hydrogens (tertiary/aromatic N) is 1. The summed E-state index contributed by atoms with van der Waals surface area (Å²) < 4.78 is 0. The molecule has 0 bridgehead atoms. The van der Waals surface area contributed by atoms with Crippen molar-refractivity contribution < 1.29 is 14.4 Å². The van der Waals surface area contributed by atoms with E-state index in [9.17, 15) is 14.4 Å². The number of hydrogen-bond acceptors (Lipinski definition) is 4. The Balaban J connectivity index is 1.43. The number of rotatable bonds is 3. The van der Waals surface area contributed by atoms with Crippen LogP contribution in [-0.2, 0) is 16.0 Å². The van der Waals surface area contributed by atoms with Crippen LogP contribution in [0, 0.1) is 0 Å². The summed E-state index contributed by atoms with van der Waals surface area (Å²) in [4.78, 5) is 39.8. The molecular weight excluding hydrogens is 386 g/mol. The third-order valence-corrected chi connectivity index (χ3v) is 6.44. The van der Waals surface area contributed by atoms with Gasteiger partial charge in [-0.05, 0) is 60.9 Å². The Morgan fingerprint density at radius 3 is 2.59 bits per heavy atom. The number of carbonyl (C=O) groups is 3. The van der Waals surface area contributed by atoms with E-state index in [1.165, 1.54) is 17.8 Å². The molecule has 1 aliphatic carbocycles. The zero-order valence-electron chi connectivity index (χ0n) is 16.3. The Morgan fingerprint density at radius 1 is 1.00 bits per heavy atom. The molecular formula is C22H25N3O3S. The predicted molar refractivity (Wildman–Crippen MR) is 114 cm³/mol. The Labute approximate surface area is 174 Å². The number of nitrogens with one attached hydrogen (secondary N) is 2. The van der Waals surface area contributed by atoms with Gasteiger partial charge in [0.05, 0.1) is 4.88 Å². The third-order valence-electron chi connectivity index (χ3n) is 5.58. The molecule has 1 saturated carbocycles. The molecule has 2 N–H and O–H groups in total. The van der Waals surface area contributed by atoms with Gasteiger partial charge in [0.2, 0.25) is 0 Å². The molecule has 152 valence electrons. The van der Waals surface area contributed by atoms with Crippen molar-refractivity contribution in [1.82, 2.24) is 5.32 Å². The molecule has 0 unspecified atom stereocenters. The first-order chi connectivity index (χ1) is 14.1. The van der Waals surface area contributed by atoms with Crippen LogP contribution >= 0.6 is 11.3 Å². The summed E-state index contributed by atoms with van der Waals surface area (Å²) >= 11 is 1.44. The van der Waals surface area contributed by atoms with Gasteiger partial charge < -0.3 is 15.5 Å². The molecule has 1 aliphatic heterocycles. The molecule has 0 radical (unpaired) electrons. The van der Waals surface area contributed by atoms with Gasteiger partial charge >= 0.3 is 11.8 Å². The first-order valence-corrected chi connectivity index (χ1v) is 11.1. The predicted octanol–water partition coefficient (Wildman–Crippen LogP) is 3.73. The summed E-state index contributed by atoms with van der Waals surface area (Å²) in [5.41, 5.74) is 2.46. The fourth-order valence-corrected chi connectivity index (χ4v) is 4.78. The van der Waals surface area contributed by atoms with Crippen molar-refractivity contribution in [3.05, 3.63) is 46.2 Å².